The summed E-state index contributed by atoms with van der Waals surface area (Å²) < 4.78 is 11.2. The predicted molar refractivity (Wildman–Crippen MR) is 99.1 cm³/mol. The number of benzene rings is 1. The molecule has 5 nitrogen and oxygen atoms in total. The van der Waals surface area contributed by atoms with E-state index in [4.69, 9.17) is 31.8 Å². The van der Waals surface area contributed by atoms with Crippen molar-refractivity contribution < 1.29 is 9.47 Å². The summed E-state index contributed by atoms with van der Waals surface area (Å²) in [5.74, 6) is 1.43. The number of ether oxygens (including phenoxy) is 2. The lowest BCUT2D eigenvalue weighted by molar-refractivity contribution is 0.0522. The fourth-order valence-electron chi connectivity index (χ4n) is 3.25. The molecule has 1 aromatic rings. The zero-order valence-corrected chi connectivity index (χ0v) is 15.6. The highest BCUT2D eigenvalue weighted by molar-refractivity contribution is 6.30. The molecule has 1 aromatic carbocycles. The standard InChI is InChI=1S/C18H28ClN3O2/c1-4-22(5-2)17(20)21-13-18(8-10-24-11-9-18)15-12-14(19)6-7-16(15)23-3/h6-7,12H,4-5,8-11,13H2,1-3H3,(H2,20,21). The smallest absolute Gasteiger partial charge is 0.191 e. The Morgan fingerprint density at radius 2 is 2.00 bits per heavy atom. The van der Waals surface area contributed by atoms with E-state index in [1.54, 1.807) is 7.11 Å². The molecule has 134 valence electrons. The molecule has 0 aliphatic carbocycles. The van der Waals surface area contributed by atoms with E-state index in [1.807, 2.05) is 18.2 Å². The van der Waals surface area contributed by atoms with Crippen LogP contribution in [0.5, 0.6) is 5.75 Å². The van der Waals surface area contributed by atoms with Crippen LogP contribution >= 0.6 is 11.6 Å². The van der Waals surface area contributed by atoms with Gasteiger partial charge in [-0.05, 0) is 44.9 Å². The SMILES string of the molecule is CCN(CC)C(N)=NCC1(c2cc(Cl)ccc2OC)CCOCC1. The zero-order chi connectivity index (χ0) is 17.6. The van der Waals surface area contributed by atoms with Crippen molar-refractivity contribution in [3.05, 3.63) is 28.8 Å². The second-order valence-electron chi connectivity index (χ2n) is 6.08. The molecule has 0 unspecified atom stereocenters. The Bertz CT molecular complexity index is 567. The van der Waals surface area contributed by atoms with Crippen LogP contribution in [0.25, 0.3) is 0 Å². The van der Waals surface area contributed by atoms with Crippen molar-refractivity contribution in [2.75, 3.05) is 40.0 Å². The number of rotatable bonds is 6. The van der Waals surface area contributed by atoms with E-state index in [0.717, 1.165) is 37.2 Å². The van der Waals surface area contributed by atoms with E-state index < -0.39 is 0 Å². The van der Waals surface area contributed by atoms with Gasteiger partial charge in [0.05, 0.1) is 13.7 Å². The van der Waals surface area contributed by atoms with Gasteiger partial charge in [0.25, 0.3) is 0 Å². The summed E-state index contributed by atoms with van der Waals surface area (Å²) in [6.07, 6.45) is 1.75. The first-order valence-corrected chi connectivity index (χ1v) is 8.90. The fourth-order valence-corrected chi connectivity index (χ4v) is 3.42. The van der Waals surface area contributed by atoms with Crippen LogP contribution in [-0.4, -0.2) is 50.8 Å². The molecule has 0 amide bonds. The highest BCUT2D eigenvalue weighted by Gasteiger charge is 2.37. The predicted octanol–water partition coefficient (Wildman–Crippen LogP) is 3.05. The van der Waals surface area contributed by atoms with E-state index in [1.165, 1.54) is 0 Å². The van der Waals surface area contributed by atoms with Gasteiger partial charge in [0, 0.05) is 42.3 Å². The maximum atomic E-state index is 6.26. The Morgan fingerprint density at radius 3 is 2.58 bits per heavy atom. The first-order valence-electron chi connectivity index (χ1n) is 8.53. The number of aliphatic imine (C=N–C) groups is 1. The minimum Gasteiger partial charge on any atom is -0.496 e. The monoisotopic (exact) mass is 353 g/mol. The number of hydrogen-bond acceptors (Lipinski definition) is 3. The Hall–Kier alpha value is -1.46. The molecule has 0 spiro atoms. The van der Waals surface area contributed by atoms with Crippen LogP contribution in [0.15, 0.2) is 23.2 Å². The average Bonchev–Trinajstić information content (AvgIpc) is 2.62. The first kappa shape index (κ1) is 18.9. The third-order valence-electron chi connectivity index (χ3n) is 4.81. The van der Waals surface area contributed by atoms with E-state index in [9.17, 15) is 0 Å². The van der Waals surface area contributed by atoms with Crippen molar-refractivity contribution in [3.63, 3.8) is 0 Å². The van der Waals surface area contributed by atoms with Crippen LogP contribution in [0, 0.1) is 0 Å². The van der Waals surface area contributed by atoms with Crippen LogP contribution < -0.4 is 10.5 Å². The number of hydrogen-bond donors (Lipinski definition) is 1. The number of methoxy groups -OCH3 is 1. The minimum absolute atomic E-state index is 0.160. The number of halogens is 1. The average molecular weight is 354 g/mol. The molecular weight excluding hydrogens is 326 g/mol. The number of guanidine groups is 1. The van der Waals surface area contributed by atoms with Gasteiger partial charge < -0.3 is 20.1 Å². The fraction of sp³-hybridized carbons (Fsp3) is 0.611. The van der Waals surface area contributed by atoms with Gasteiger partial charge in [-0.1, -0.05) is 11.6 Å². The summed E-state index contributed by atoms with van der Waals surface area (Å²) in [5, 5.41) is 0.706. The molecule has 6 heteroatoms. The molecule has 0 radical (unpaired) electrons. The number of nitrogens with two attached hydrogens (primary N) is 1. The molecule has 1 fully saturated rings. The molecule has 0 atom stereocenters. The lowest BCUT2D eigenvalue weighted by Gasteiger charge is -2.37. The Morgan fingerprint density at radius 1 is 1.33 bits per heavy atom. The minimum atomic E-state index is -0.160. The quantitative estimate of drug-likeness (QED) is 0.630. The topological polar surface area (TPSA) is 60.1 Å². The van der Waals surface area contributed by atoms with E-state index in [2.05, 4.69) is 18.7 Å². The molecule has 1 aliphatic rings. The van der Waals surface area contributed by atoms with Gasteiger partial charge in [0.15, 0.2) is 5.96 Å². The Balaban J connectivity index is 2.37. The molecule has 2 N–H and O–H groups in total. The van der Waals surface area contributed by atoms with Crippen molar-refractivity contribution in [1.29, 1.82) is 0 Å². The summed E-state index contributed by atoms with van der Waals surface area (Å²) >= 11 is 6.26. The van der Waals surface area contributed by atoms with Crippen LogP contribution in [0.2, 0.25) is 5.02 Å². The lowest BCUT2D eigenvalue weighted by Crippen LogP contribution is -2.41. The van der Waals surface area contributed by atoms with Gasteiger partial charge in [0.2, 0.25) is 0 Å². The Labute approximate surface area is 149 Å². The second-order valence-corrected chi connectivity index (χ2v) is 6.52. The molecular formula is C18H28ClN3O2. The zero-order valence-electron chi connectivity index (χ0n) is 14.8. The molecule has 0 saturated carbocycles. The van der Waals surface area contributed by atoms with Crippen LogP contribution in [0.3, 0.4) is 0 Å². The largest absolute Gasteiger partial charge is 0.496 e. The highest BCUT2D eigenvalue weighted by Crippen LogP contribution is 2.41. The van der Waals surface area contributed by atoms with Crippen LogP contribution in [0.1, 0.15) is 32.3 Å². The second kappa shape index (κ2) is 8.58. The Kier molecular flexibility index (Phi) is 6.75. The maximum Gasteiger partial charge on any atom is 0.191 e. The maximum absolute atomic E-state index is 6.26. The summed E-state index contributed by atoms with van der Waals surface area (Å²) in [5.41, 5.74) is 7.11. The van der Waals surface area contributed by atoms with E-state index in [0.29, 0.717) is 30.7 Å². The lowest BCUT2D eigenvalue weighted by atomic mass is 9.73. The third-order valence-corrected chi connectivity index (χ3v) is 5.05. The van der Waals surface area contributed by atoms with Gasteiger partial charge in [-0.3, -0.25) is 4.99 Å². The van der Waals surface area contributed by atoms with Gasteiger partial charge in [-0.2, -0.15) is 0 Å². The van der Waals surface area contributed by atoms with Crippen molar-refractivity contribution in [2.45, 2.75) is 32.1 Å². The highest BCUT2D eigenvalue weighted by atomic mass is 35.5. The molecule has 1 heterocycles. The normalized spacial score (nSPS) is 17.6. The third kappa shape index (κ3) is 4.14. The molecule has 0 bridgehead atoms. The van der Waals surface area contributed by atoms with E-state index in [-0.39, 0.29) is 5.41 Å². The number of nitrogens with zero attached hydrogens (tertiary/aromatic N) is 2. The van der Waals surface area contributed by atoms with Gasteiger partial charge in [0.1, 0.15) is 5.75 Å². The molecule has 1 saturated heterocycles. The summed E-state index contributed by atoms with van der Waals surface area (Å²) in [4.78, 5) is 6.77. The summed E-state index contributed by atoms with van der Waals surface area (Å²) in [6.45, 7) is 7.87. The van der Waals surface area contributed by atoms with Gasteiger partial charge in [-0.15, -0.1) is 0 Å². The van der Waals surface area contributed by atoms with Crippen LogP contribution in [0.4, 0.5) is 0 Å². The molecule has 1 aliphatic heterocycles. The van der Waals surface area contributed by atoms with Gasteiger partial charge in [-0.25, -0.2) is 0 Å². The first-order chi connectivity index (χ1) is 11.6. The van der Waals surface area contributed by atoms with Crippen molar-refractivity contribution in [3.8, 4) is 5.75 Å². The van der Waals surface area contributed by atoms with E-state index >= 15 is 0 Å². The van der Waals surface area contributed by atoms with Gasteiger partial charge >= 0.3 is 0 Å². The van der Waals surface area contributed by atoms with Crippen LogP contribution in [-0.2, 0) is 10.2 Å². The summed E-state index contributed by atoms with van der Waals surface area (Å²) in [7, 11) is 1.69. The summed E-state index contributed by atoms with van der Waals surface area (Å²) in [6, 6.07) is 5.77. The molecule has 2 rings (SSSR count). The molecule has 0 aromatic heterocycles. The van der Waals surface area contributed by atoms with Crippen molar-refractivity contribution >= 4 is 17.6 Å². The molecule has 24 heavy (non-hydrogen) atoms. The van der Waals surface area contributed by atoms with Crippen molar-refractivity contribution in [1.82, 2.24) is 4.90 Å². The van der Waals surface area contributed by atoms with Crippen molar-refractivity contribution in [2.24, 2.45) is 10.7 Å².